The van der Waals surface area contributed by atoms with Crippen molar-refractivity contribution in [3.05, 3.63) is 17.2 Å². The molecule has 0 radical (unpaired) electrons. The van der Waals surface area contributed by atoms with Gasteiger partial charge in [-0.05, 0) is 0 Å². The van der Waals surface area contributed by atoms with Gasteiger partial charge in [0.1, 0.15) is 24.1 Å². The number of aliphatic hydroxyl groups is 3. The minimum Gasteiger partial charge on any atom is -0.597 e. The fourth-order valence-electron chi connectivity index (χ4n) is 2.46. The highest BCUT2D eigenvalue weighted by Crippen LogP contribution is 2.31. The van der Waals surface area contributed by atoms with Crippen LogP contribution in [0.25, 0.3) is 0 Å². The minimum atomic E-state index is -1.73. The van der Waals surface area contributed by atoms with E-state index in [1.165, 1.54) is 0 Å². The predicted octanol–water partition coefficient (Wildman–Crippen LogP) is -3.39. The molecule has 1 saturated heterocycles. The van der Waals surface area contributed by atoms with Crippen LogP contribution in [0.1, 0.15) is 16.7 Å². The highest BCUT2D eigenvalue weighted by atomic mass is 16.6. The van der Waals surface area contributed by atoms with Gasteiger partial charge in [0, 0.05) is 0 Å². The zero-order valence-electron chi connectivity index (χ0n) is 13.6. The molecule has 15 heteroatoms. The van der Waals surface area contributed by atoms with Crippen molar-refractivity contribution >= 4 is 17.7 Å². The van der Waals surface area contributed by atoms with Crippen LogP contribution in [0, 0.1) is 5.21 Å². The van der Waals surface area contributed by atoms with E-state index in [1.54, 1.807) is 0 Å². The maximum atomic E-state index is 12.2. The highest BCUT2D eigenvalue weighted by Gasteiger charge is 2.44. The molecule has 1 aliphatic rings. The van der Waals surface area contributed by atoms with E-state index in [0.717, 1.165) is 10.9 Å². The number of carboxylic acids is 1. The summed E-state index contributed by atoms with van der Waals surface area (Å²) >= 11 is 0. The molecule has 8 N–H and O–H groups in total. The van der Waals surface area contributed by atoms with E-state index in [1.807, 2.05) is 5.32 Å². The quantitative estimate of drug-likeness (QED) is 0.137. The van der Waals surface area contributed by atoms with Crippen LogP contribution < -0.4 is 11.1 Å². The van der Waals surface area contributed by atoms with Gasteiger partial charge in [0.05, 0.1) is 12.9 Å². The van der Waals surface area contributed by atoms with Crippen molar-refractivity contribution in [2.45, 2.75) is 30.6 Å². The smallest absolute Gasteiger partial charge is 0.333 e. The first-order valence-corrected chi connectivity index (χ1v) is 7.49. The largest absolute Gasteiger partial charge is 0.597 e. The van der Waals surface area contributed by atoms with Crippen molar-refractivity contribution < 1.29 is 44.8 Å². The Hall–Kier alpha value is -3.01. The molecule has 0 saturated carbocycles. The van der Waals surface area contributed by atoms with Gasteiger partial charge in [-0.2, -0.15) is 0 Å². The number of nitrogens with zero attached hydrogens (tertiary/aromatic N) is 4. The number of amides is 1. The molecule has 5 atom stereocenters. The lowest BCUT2D eigenvalue weighted by atomic mass is 10.1. The van der Waals surface area contributed by atoms with Crippen molar-refractivity contribution in [2.75, 3.05) is 18.9 Å². The molecule has 1 amide bonds. The molecule has 1 fully saturated rings. The van der Waals surface area contributed by atoms with Gasteiger partial charge in [-0.1, -0.05) is 4.86 Å². The van der Waals surface area contributed by atoms with Crippen LogP contribution in [-0.4, -0.2) is 89.4 Å². The van der Waals surface area contributed by atoms with E-state index >= 15 is 0 Å². The highest BCUT2D eigenvalue weighted by molar-refractivity contribution is 5.98. The summed E-state index contributed by atoms with van der Waals surface area (Å²) in [6.45, 7) is -1.45. The molecule has 0 aliphatic carbocycles. The van der Waals surface area contributed by atoms with E-state index < -0.39 is 61.3 Å². The number of nitrogens with one attached hydrogen (secondary N) is 1. The first-order chi connectivity index (χ1) is 12.7. The monoisotopic (exact) mass is 390 g/mol. The van der Waals surface area contributed by atoms with Crippen molar-refractivity contribution in [3.63, 3.8) is 0 Å². The number of aliphatic hydroxyl groups excluding tert-OH is 3. The van der Waals surface area contributed by atoms with E-state index in [-0.39, 0.29) is 10.7 Å². The number of ether oxygens (including phenoxy) is 1. The Morgan fingerprint density at radius 2 is 2.15 bits per heavy atom. The number of carbonyl (C=O) groups excluding carboxylic acids is 1. The first kappa shape index (κ1) is 20.3. The van der Waals surface area contributed by atoms with Crippen molar-refractivity contribution in [1.82, 2.24) is 14.9 Å². The standard InChI is InChI=1S/C12H18N6O9/c13-9-6(10(22)15-4(12(23)24)1-18(26)16-25)14-3-17(9)11-8(21)7(20)5(2-19)27-11/h3-5,7-8,11,19-21,25H,1-2,13H2,(H,15,22)(H,23,24)/t4?,5-,7-,8-,11-/m1/s1. The summed E-state index contributed by atoms with van der Waals surface area (Å²) in [5.41, 5.74) is 5.35. The third-order valence-electron chi connectivity index (χ3n) is 3.88. The van der Waals surface area contributed by atoms with Crippen LogP contribution in [0.3, 0.4) is 0 Å². The number of aromatic nitrogens is 2. The number of hydrogen-bond acceptors (Lipinski definition) is 10. The zero-order valence-corrected chi connectivity index (χ0v) is 13.6. The summed E-state index contributed by atoms with van der Waals surface area (Å²) < 4.78 is 6.29. The second-order valence-corrected chi connectivity index (χ2v) is 5.60. The average molecular weight is 390 g/mol. The number of hydroxylamine groups is 1. The third kappa shape index (κ3) is 4.05. The molecule has 1 aromatic heterocycles. The number of anilines is 1. The molecule has 1 aromatic rings. The molecule has 2 heterocycles. The Balaban J connectivity index is 2.18. The maximum Gasteiger partial charge on any atom is 0.333 e. The fraction of sp³-hybridized carbons (Fsp3) is 0.583. The number of imidazole rings is 1. The molecule has 150 valence electrons. The van der Waals surface area contributed by atoms with E-state index in [0.29, 0.717) is 0 Å². The van der Waals surface area contributed by atoms with Gasteiger partial charge in [-0.15, -0.1) is 0 Å². The van der Waals surface area contributed by atoms with Crippen LogP contribution in [0.4, 0.5) is 5.82 Å². The first-order valence-electron chi connectivity index (χ1n) is 7.49. The Bertz CT molecular complexity index is 737. The second-order valence-electron chi connectivity index (χ2n) is 5.60. The Kier molecular flexibility index (Phi) is 6.11. The van der Waals surface area contributed by atoms with Crippen molar-refractivity contribution in [2.24, 2.45) is 5.28 Å². The van der Waals surface area contributed by atoms with Crippen LogP contribution in [0.15, 0.2) is 11.6 Å². The minimum absolute atomic E-state index is 0.322. The van der Waals surface area contributed by atoms with Crippen LogP contribution in [-0.2, 0) is 9.53 Å². The molecule has 27 heavy (non-hydrogen) atoms. The van der Waals surface area contributed by atoms with Gasteiger partial charge >= 0.3 is 5.97 Å². The lowest BCUT2D eigenvalue weighted by Crippen LogP contribution is -2.45. The van der Waals surface area contributed by atoms with Crippen molar-refractivity contribution in [3.8, 4) is 0 Å². The Labute approximate surface area is 150 Å². The topological polar surface area (TPSA) is 239 Å². The SMILES string of the molecule is Nc1c(C(=O)NC(C[N+]([O-])=NO)C(=O)O)ncn1[C@@H]1O[C@H](CO)[C@@H](O)[C@H]1O. The molecule has 0 aromatic carbocycles. The molecule has 1 unspecified atom stereocenters. The Morgan fingerprint density at radius 3 is 2.67 bits per heavy atom. The summed E-state index contributed by atoms with van der Waals surface area (Å²) in [5, 5.41) is 61.3. The van der Waals surface area contributed by atoms with Gasteiger partial charge < -0.3 is 46.6 Å². The molecule has 15 nitrogen and oxygen atoms in total. The summed E-state index contributed by atoms with van der Waals surface area (Å²) in [6.07, 6.45) is -4.18. The van der Waals surface area contributed by atoms with E-state index in [2.05, 4.69) is 10.3 Å². The van der Waals surface area contributed by atoms with Gasteiger partial charge in [0.15, 0.2) is 23.2 Å². The normalized spacial score (nSPS) is 26.7. The Morgan fingerprint density at radius 1 is 1.48 bits per heavy atom. The number of hydrogen-bond donors (Lipinski definition) is 7. The van der Waals surface area contributed by atoms with Gasteiger partial charge in [0.2, 0.25) is 6.54 Å². The van der Waals surface area contributed by atoms with Crippen LogP contribution in [0.5, 0.6) is 0 Å². The third-order valence-corrected chi connectivity index (χ3v) is 3.88. The molecule has 0 spiro atoms. The summed E-state index contributed by atoms with van der Waals surface area (Å²) in [7, 11) is 0. The number of aliphatic carboxylic acids is 1. The summed E-state index contributed by atoms with van der Waals surface area (Å²) in [5.74, 6) is -2.96. The van der Waals surface area contributed by atoms with E-state index in [9.17, 15) is 25.0 Å². The maximum absolute atomic E-state index is 12.2. The zero-order chi connectivity index (χ0) is 20.3. The summed E-state index contributed by atoms with van der Waals surface area (Å²) in [6, 6.07) is -1.73. The molecule has 0 bridgehead atoms. The number of carbonyl (C=O) groups is 2. The number of nitrogens with two attached hydrogens (primary N) is 1. The molecular formula is C12H18N6O9. The van der Waals surface area contributed by atoms with Crippen LogP contribution >= 0.6 is 0 Å². The second kappa shape index (κ2) is 8.12. The van der Waals surface area contributed by atoms with Gasteiger partial charge in [0.25, 0.3) is 5.91 Å². The van der Waals surface area contributed by atoms with Gasteiger partial charge in [-0.3, -0.25) is 9.36 Å². The lowest BCUT2D eigenvalue weighted by molar-refractivity contribution is -0.556. The lowest BCUT2D eigenvalue weighted by Gasteiger charge is -2.17. The molecular weight excluding hydrogens is 372 g/mol. The van der Waals surface area contributed by atoms with Crippen LogP contribution in [0.2, 0.25) is 0 Å². The van der Waals surface area contributed by atoms with Gasteiger partial charge in [-0.25, -0.2) is 9.78 Å². The molecule has 2 rings (SSSR count). The summed E-state index contributed by atoms with van der Waals surface area (Å²) in [4.78, 5) is 26.7. The number of nitrogen functional groups attached to an aromatic ring is 1. The molecule has 1 aliphatic heterocycles. The van der Waals surface area contributed by atoms with E-state index in [4.69, 9.17) is 25.9 Å². The number of rotatable bonds is 7. The number of carboxylic acid groups (broad SMARTS) is 1. The van der Waals surface area contributed by atoms with Crippen molar-refractivity contribution in [1.29, 1.82) is 0 Å². The average Bonchev–Trinajstić information content (AvgIpc) is 3.14. The predicted molar refractivity (Wildman–Crippen MR) is 81.2 cm³/mol. The fourth-order valence-corrected chi connectivity index (χ4v) is 2.46.